The molecule has 1 aromatic rings. The minimum atomic E-state index is 0.634. The second kappa shape index (κ2) is 3.05. The molecule has 0 N–H and O–H groups in total. The molecule has 1 aliphatic rings. The average molecular weight is 300 g/mol. The van der Waals surface area contributed by atoms with E-state index in [2.05, 4.69) is 31.9 Å². The second-order valence-corrected chi connectivity index (χ2v) is 5.77. The largest absolute Gasteiger partial charge is 0.335 e. The molecule has 0 saturated heterocycles. The van der Waals surface area contributed by atoms with Gasteiger partial charge in [0, 0.05) is 12.0 Å². The van der Waals surface area contributed by atoms with Gasteiger partial charge < -0.3 is 4.89 Å². The van der Waals surface area contributed by atoms with Gasteiger partial charge >= 0.3 is 0 Å². The van der Waals surface area contributed by atoms with Crippen molar-refractivity contribution in [3.8, 4) is 5.75 Å². The Balaban J connectivity index is 2.52. The fourth-order valence-electron chi connectivity index (χ4n) is 0.934. The zero-order chi connectivity index (χ0) is 7.84. The van der Waals surface area contributed by atoms with Crippen LogP contribution in [0.15, 0.2) is 7.57 Å². The molecule has 2 heterocycles. The minimum Gasteiger partial charge on any atom is -0.335 e. The van der Waals surface area contributed by atoms with Crippen LogP contribution in [0, 0.1) is 0 Å². The van der Waals surface area contributed by atoms with Crippen LogP contribution in [0.1, 0.15) is 5.56 Å². The molecule has 1 aromatic heterocycles. The second-order valence-electron chi connectivity index (χ2n) is 2.11. The van der Waals surface area contributed by atoms with Crippen molar-refractivity contribution in [2.45, 2.75) is 6.42 Å². The molecular weight excluding hydrogens is 296 g/mol. The molecule has 0 aliphatic carbocycles. The predicted molar refractivity (Wildman–Crippen MR) is 50.0 cm³/mol. The van der Waals surface area contributed by atoms with E-state index in [1.807, 2.05) is 0 Å². The summed E-state index contributed by atoms with van der Waals surface area (Å²) < 4.78 is 2.11. The van der Waals surface area contributed by atoms with E-state index in [1.165, 1.54) is 5.56 Å². The van der Waals surface area contributed by atoms with Gasteiger partial charge in [-0.05, 0) is 31.9 Å². The van der Waals surface area contributed by atoms with E-state index in [9.17, 15) is 0 Å². The lowest BCUT2D eigenvalue weighted by Gasteiger charge is -2.11. The fraction of sp³-hybridized carbons (Fsp3) is 0.333. The molecule has 60 valence electrons. The molecule has 0 saturated carbocycles. The third-order valence-corrected chi connectivity index (χ3v) is 4.05. The van der Waals surface area contributed by atoms with Gasteiger partial charge in [-0.3, -0.25) is 0 Å². The first-order valence-electron chi connectivity index (χ1n) is 3.05. The third-order valence-electron chi connectivity index (χ3n) is 1.45. The molecule has 0 spiro atoms. The van der Waals surface area contributed by atoms with Crippen LogP contribution in [0.3, 0.4) is 0 Å². The predicted octanol–water partition coefficient (Wildman–Crippen LogP) is 3.14. The lowest BCUT2D eigenvalue weighted by Crippen LogP contribution is -2.09. The van der Waals surface area contributed by atoms with Gasteiger partial charge in [0.25, 0.3) is 0 Å². The summed E-state index contributed by atoms with van der Waals surface area (Å²) in [5, 5.41) is 0. The Morgan fingerprint density at radius 1 is 1.27 bits per heavy atom. The van der Waals surface area contributed by atoms with E-state index in [0.717, 1.165) is 19.7 Å². The van der Waals surface area contributed by atoms with Gasteiger partial charge in [0.2, 0.25) is 0 Å². The van der Waals surface area contributed by atoms with Gasteiger partial charge in [0.15, 0.2) is 5.75 Å². The molecule has 0 aromatic carbocycles. The Hall–Kier alpha value is 0.420. The van der Waals surface area contributed by atoms with Crippen LogP contribution < -0.4 is 4.89 Å². The third kappa shape index (κ3) is 1.35. The molecule has 0 radical (unpaired) electrons. The van der Waals surface area contributed by atoms with E-state index in [1.54, 1.807) is 11.3 Å². The molecule has 0 atom stereocenters. The first kappa shape index (κ1) is 8.04. The van der Waals surface area contributed by atoms with Gasteiger partial charge in [0.05, 0.1) is 10.4 Å². The van der Waals surface area contributed by atoms with E-state index in [4.69, 9.17) is 9.78 Å². The number of hydrogen-bond donors (Lipinski definition) is 0. The number of rotatable bonds is 0. The van der Waals surface area contributed by atoms with Gasteiger partial charge in [-0.15, -0.1) is 11.3 Å². The SMILES string of the molecule is Brc1sc(Br)c2c1CCOO2. The van der Waals surface area contributed by atoms with Crippen LogP contribution in [-0.4, -0.2) is 6.61 Å². The van der Waals surface area contributed by atoms with Gasteiger partial charge in [-0.25, -0.2) is 0 Å². The van der Waals surface area contributed by atoms with Crippen LogP contribution in [0.4, 0.5) is 0 Å². The Labute approximate surface area is 84.7 Å². The lowest BCUT2D eigenvalue weighted by molar-refractivity contribution is -0.215. The number of thiophene rings is 1. The summed E-state index contributed by atoms with van der Waals surface area (Å²) in [6, 6.07) is 0. The highest BCUT2D eigenvalue weighted by atomic mass is 79.9. The Morgan fingerprint density at radius 3 is 2.82 bits per heavy atom. The first-order valence-corrected chi connectivity index (χ1v) is 5.45. The normalized spacial score (nSPS) is 15.8. The van der Waals surface area contributed by atoms with E-state index in [0.29, 0.717) is 6.61 Å². The van der Waals surface area contributed by atoms with Crippen molar-refractivity contribution in [1.82, 2.24) is 0 Å². The summed E-state index contributed by atoms with van der Waals surface area (Å²) in [4.78, 5) is 9.85. The highest BCUT2D eigenvalue weighted by molar-refractivity contribution is 9.12. The minimum absolute atomic E-state index is 0.634. The van der Waals surface area contributed by atoms with Crippen molar-refractivity contribution in [1.29, 1.82) is 0 Å². The Bertz CT molecular complexity index is 258. The molecule has 2 nitrogen and oxygen atoms in total. The van der Waals surface area contributed by atoms with Gasteiger partial charge in [0.1, 0.15) is 3.79 Å². The highest BCUT2D eigenvalue weighted by Crippen LogP contribution is 2.44. The first-order chi connectivity index (χ1) is 5.29. The summed E-state index contributed by atoms with van der Waals surface area (Å²) in [5.41, 5.74) is 1.20. The summed E-state index contributed by atoms with van der Waals surface area (Å²) in [6.45, 7) is 0.634. The van der Waals surface area contributed by atoms with Crippen LogP contribution >= 0.6 is 43.2 Å². The number of hydrogen-bond acceptors (Lipinski definition) is 3. The molecule has 11 heavy (non-hydrogen) atoms. The molecule has 0 bridgehead atoms. The fourth-order valence-corrected chi connectivity index (χ4v) is 3.97. The quantitative estimate of drug-likeness (QED) is 0.685. The highest BCUT2D eigenvalue weighted by Gasteiger charge is 2.20. The maximum absolute atomic E-state index is 5.01. The molecule has 0 fully saturated rings. The van der Waals surface area contributed by atoms with E-state index in [-0.39, 0.29) is 0 Å². The van der Waals surface area contributed by atoms with Crippen molar-refractivity contribution in [2.24, 2.45) is 0 Å². The van der Waals surface area contributed by atoms with E-state index >= 15 is 0 Å². The van der Waals surface area contributed by atoms with E-state index < -0.39 is 0 Å². The maximum atomic E-state index is 5.01. The van der Waals surface area contributed by atoms with Gasteiger partial charge in [-0.2, -0.15) is 4.89 Å². The lowest BCUT2D eigenvalue weighted by atomic mass is 10.2. The van der Waals surface area contributed by atoms with Crippen molar-refractivity contribution in [2.75, 3.05) is 6.61 Å². The van der Waals surface area contributed by atoms with Crippen molar-refractivity contribution in [3.05, 3.63) is 13.1 Å². The monoisotopic (exact) mass is 298 g/mol. The number of fused-ring (bicyclic) bond motifs is 1. The Morgan fingerprint density at radius 2 is 2.09 bits per heavy atom. The topological polar surface area (TPSA) is 18.5 Å². The van der Waals surface area contributed by atoms with Crippen molar-refractivity contribution >= 4 is 43.2 Å². The van der Waals surface area contributed by atoms with Crippen LogP contribution in [0.2, 0.25) is 0 Å². The summed E-state index contributed by atoms with van der Waals surface area (Å²) in [5.74, 6) is 0.827. The summed E-state index contributed by atoms with van der Waals surface area (Å²) in [7, 11) is 0. The average Bonchev–Trinajstić information content (AvgIpc) is 2.30. The molecule has 0 amide bonds. The zero-order valence-electron chi connectivity index (χ0n) is 5.39. The van der Waals surface area contributed by atoms with Gasteiger partial charge in [-0.1, -0.05) is 0 Å². The standard InChI is InChI=1S/C6H4Br2O2S/c7-5-3-1-2-9-10-4(3)6(8)11-5/h1-2H2. The summed E-state index contributed by atoms with van der Waals surface area (Å²) >= 11 is 8.46. The van der Waals surface area contributed by atoms with Crippen LogP contribution in [0.5, 0.6) is 5.75 Å². The molecular formula is C6H4Br2O2S. The summed E-state index contributed by atoms with van der Waals surface area (Å²) in [6.07, 6.45) is 0.915. The molecule has 0 unspecified atom stereocenters. The van der Waals surface area contributed by atoms with Crippen molar-refractivity contribution in [3.63, 3.8) is 0 Å². The van der Waals surface area contributed by atoms with Crippen LogP contribution in [0.25, 0.3) is 0 Å². The maximum Gasteiger partial charge on any atom is 0.194 e. The van der Waals surface area contributed by atoms with Crippen molar-refractivity contribution < 1.29 is 9.78 Å². The zero-order valence-corrected chi connectivity index (χ0v) is 9.38. The molecule has 5 heteroatoms. The Kier molecular flexibility index (Phi) is 2.23. The molecule has 1 aliphatic heterocycles. The van der Waals surface area contributed by atoms with Crippen LogP contribution in [-0.2, 0) is 11.3 Å². The number of halogens is 2. The smallest absolute Gasteiger partial charge is 0.194 e. The molecule has 2 rings (SSSR count).